The fourth-order valence-corrected chi connectivity index (χ4v) is 1.42. The molecular weight excluding hydrogens is 216 g/mol. The fraction of sp³-hybridized carbons (Fsp3) is 0.300. The average molecular weight is 228 g/mol. The number of aliphatic carboxylic acids is 1. The van der Waals surface area contributed by atoms with E-state index in [1.54, 1.807) is 31.4 Å². The molecule has 0 saturated heterocycles. The molecule has 1 aromatic rings. The average Bonchev–Trinajstić information content (AvgIpc) is 2.27. The first-order valence-electron chi connectivity index (χ1n) is 4.29. The molecule has 0 aromatic heterocycles. The van der Waals surface area contributed by atoms with Crippen molar-refractivity contribution >= 4 is 18.6 Å². The van der Waals surface area contributed by atoms with Crippen LogP contribution in [-0.4, -0.2) is 29.4 Å². The third kappa shape index (κ3) is 2.87. The van der Waals surface area contributed by atoms with Crippen LogP contribution in [0, 0.1) is 0 Å². The molecule has 0 bridgehead atoms. The molecule has 0 heterocycles. The van der Waals surface area contributed by atoms with Gasteiger partial charge in [0.15, 0.2) is 6.10 Å². The van der Waals surface area contributed by atoms with Crippen molar-refractivity contribution in [3.05, 3.63) is 29.8 Å². The van der Waals surface area contributed by atoms with Gasteiger partial charge in [-0.2, -0.15) is 12.6 Å². The van der Waals surface area contributed by atoms with Crippen LogP contribution in [0.4, 0.5) is 0 Å². The molecule has 1 rings (SSSR count). The molecule has 4 nitrogen and oxygen atoms in total. The SMILES string of the molecule is COc1ccc(C(S)C(O)C(=O)O)cc1. The molecule has 5 heteroatoms. The van der Waals surface area contributed by atoms with Gasteiger partial charge in [0.25, 0.3) is 0 Å². The Balaban J connectivity index is 2.82. The predicted molar refractivity (Wildman–Crippen MR) is 58.4 cm³/mol. The van der Waals surface area contributed by atoms with Crippen LogP contribution in [0.2, 0.25) is 0 Å². The van der Waals surface area contributed by atoms with Gasteiger partial charge in [0.2, 0.25) is 0 Å². The Morgan fingerprint density at radius 3 is 2.33 bits per heavy atom. The first-order chi connectivity index (χ1) is 7.06. The number of methoxy groups -OCH3 is 1. The molecule has 2 unspecified atom stereocenters. The third-order valence-corrected chi connectivity index (χ3v) is 2.59. The summed E-state index contributed by atoms with van der Waals surface area (Å²) in [6.45, 7) is 0. The van der Waals surface area contributed by atoms with E-state index >= 15 is 0 Å². The number of carboxylic acids is 1. The Morgan fingerprint density at radius 2 is 1.93 bits per heavy atom. The van der Waals surface area contributed by atoms with Gasteiger partial charge in [-0.1, -0.05) is 12.1 Å². The van der Waals surface area contributed by atoms with Gasteiger partial charge in [0.1, 0.15) is 5.75 Å². The van der Waals surface area contributed by atoms with E-state index in [2.05, 4.69) is 12.6 Å². The van der Waals surface area contributed by atoms with Gasteiger partial charge in [-0.15, -0.1) is 0 Å². The summed E-state index contributed by atoms with van der Waals surface area (Å²) in [7, 11) is 1.54. The summed E-state index contributed by atoms with van der Waals surface area (Å²) in [6, 6.07) is 6.71. The lowest BCUT2D eigenvalue weighted by Gasteiger charge is -2.14. The maximum Gasteiger partial charge on any atom is 0.334 e. The predicted octanol–water partition coefficient (Wildman–Crippen LogP) is 1.11. The summed E-state index contributed by atoms with van der Waals surface area (Å²) < 4.78 is 4.95. The van der Waals surface area contributed by atoms with Gasteiger partial charge in [-0.3, -0.25) is 0 Å². The van der Waals surface area contributed by atoms with E-state index in [1.165, 1.54) is 0 Å². The number of ether oxygens (including phenoxy) is 1. The summed E-state index contributed by atoms with van der Waals surface area (Å²) in [5, 5.41) is 17.1. The molecule has 0 amide bonds. The van der Waals surface area contributed by atoms with Crippen molar-refractivity contribution in [2.24, 2.45) is 0 Å². The third-order valence-electron chi connectivity index (χ3n) is 2.01. The van der Waals surface area contributed by atoms with Crippen LogP contribution in [-0.2, 0) is 4.79 Å². The van der Waals surface area contributed by atoms with Crippen LogP contribution in [0.1, 0.15) is 10.8 Å². The van der Waals surface area contributed by atoms with Crippen molar-refractivity contribution in [1.82, 2.24) is 0 Å². The Bertz CT molecular complexity index is 336. The van der Waals surface area contributed by atoms with Crippen LogP contribution in [0.3, 0.4) is 0 Å². The normalized spacial score (nSPS) is 14.3. The molecule has 0 saturated carbocycles. The minimum Gasteiger partial charge on any atom is -0.497 e. The molecule has 0 fully saturated rings. The lowest BCUT2D eigenvalue weighted by atomic mass is 10.1. The van der Waals surface area contributed by atoms with Gasteiger partial charge in [0, 0.05) is 0 Å². The molecule has 0 aliphatic heterocycles. The van der Waals surface area contributed by atoms with Crippen LogP contribution < -0.4 is 4.74 Å². The van der Waals surface area contributed by atoms with E-state index in [-0.39, 0.29) is 0 Å². The van der Waals surface area contributed by atoms with Crippen molar-refractivity contribution in [1.29, 1.82) is 0 Å². The monoisotopic (exact) mass is 228 g/mol. The highest BCUT2D eigenvalue weighted by Gasteiger charge is 2.23. The first kappa shape index (κ1) is 11.9. The molecule has 0 aliphatic rings. The van der Waals surface area contributed by atoms with E-state index in [4.69, 9.17) is 9.84 Å². The maximum atomic E-state index is 10.5. The van der Waals surface area contributed by atoms with Gasteiger partial charge in [-0.25, -0.2) is 4.79 Å². The van der Waals surface area contributed by atoms with Gasteiger partial charge in [-0.05, 0) is 17.7 Å². The highest BCUT2D eigenvalue weighted by Crippen LogP contribution is 2.25. The highest BCUT2D eigenvalue weighted by molar-refractivity contribution is 7.80. The first-order valence-corrected chi connectivity index (χ1v) is 4.80. The number of thiol groups is 1. The molecule has 2 atom stereocenters. The van der Waals surface area contributed by atoms with Crippen LogP contribution >= 0.6 is 12.6 Å². The number of hydrogen-bond acceptors (Lipinski definition) is 4. The van der Waals surface area contributed by atoms with E-state index in [0.717, 1.165) is 0 Å². The zero-order valence-corrected chi connectivity index (χ0v) is 9.02. The number of carbonyl (C=O) groups is 1. The Hall–Kier alpha value is -1.20. The van der Waals surface area contributed by atoms with Crippen molar-refractivity contribution in [3.63, 3.8) is 0 Å². The highest BCUT2D eigenvalue weighted by atomic mass is 32.1. The summed E-state index contributed by atoms with van der Waals surface area (Å²) in [5.41, 5.74) is 0.633. The number of carboxylic acid groups (broad SMARTS) is 1. The lowest BCUT2D eigenvalue weighted by molar-refractivity contribution is -0.146. The van der Waals surface area contributed by atoms with E-state index in [9.17, 15) is 9.90 Å². The van der Waals surface area contributed by atoms with Gasteiger partial charge < -0.3 is 14.9 Å². The van der Waals surface area contributed by atoms with Crippen molar-refractivity contribution in [2.75, 3.05) is 7.11 Å². The molecule has 82 valence electrons. The molecule has 1 aromatic carbocycles. The zero-order chi connectivity index (χ0) is 11.4. The summed E-state index contributed by atoms with van der Waals surface area (Å²) in [4.78, 5) is 10.5. The number of benzene rings is 1. The second-order valence-electron chi connectivity index (χ2n) is 3.00. The second kappa shape index (κ2) is 5.04. The largest absolute Gasteiger partial charge is 0.497 e. The van der Waals surface area contributed by atoms with Crippen molar-refractivity contribution in [2.45, 2.75) is 11.4 Å². The van der Waals surface area contributed by atoms with Crippen molar-refractivity contribution < 1.29 is 19.7 Å². The Morgan fingerprint density at radius 1 is 1.40 bits per heavy atom. The standard InChI is InChI=1S/C10H12O4S/c1-14-7-4-2-6(3-5-7)9(15)8(11)10(12)13/h2-5,8-9,11,15H,1H3,(H,12,13). The number of rotatable bonds is 4. The smallest absolute Gasteiger partial charge is 0.334 e. The molecule has 2 N–H and O–H groups in total. The van der Waals surface area contributed by atoms with Gasteiger partial charge >= 0.3 is 5.97 Å². The van der Waals surface area contributed by atoms with Crippen LogP contribution in [0.15, 0.2) is 24.3 Å². The van der Waals surface area contributed by atoms with E-state index in [1.807, 2.05) is 0 Å². The number of aliphatic hydroxyl groups is 1. The molecule has 15 heavy (non-hydrogen) atoms. The summed E-state index contributed by atoms with van der Waals surface area (Å²) >= 11 is 4.05. The summed E-state index contributed by atoms with van der Waals surface area (Å²) in [6.07, 6.45) is -1.51. The molecule has 0 radical (unpaired) electrons. The quantitative estimate of drug-likeness (QED) is 0.675. The second-order valence-corrected chi connectivity index (χ2v) is 3.56. The minimum atomic E-state index is -1.51. The lowest BCUT2D eigenvalue weighted by Crippen LogP contribution is -2.24. The summed E-state index contributed by atoms with van der Waals surface area (Å²) in [5.74, 6) is -0.616. The van der Waals surface area contributed by atoms with Crippen molar-refractivity contribution in [3.8, 4) is 5.75 Å². The minimum absolute atomic E-state index is 0.633. The topological polar surface area (TPSA) is 66.8 Å². The Kier molecular flexibility index (Phi) is 3.99. The maximum absolute atomic E-state index is 10.5. The number of hydrogen-bond donors (Lipinski definition) is 3. The zero-order valence-electron chi connectivity index (χ0n) is 8.12. The fourth-order valence-electron chi connectivity index (χ4n) is 1.12. The van der Waals surface area contributed by atoms with Crippen LogP contribution in [0.25, 0.3) is 0 Å². The van der Waals surface area contributed by atoms with Crippen LogP contribution in [0.5, 0.6) is 5.75 Å². The number of aliphatic hydroxyl groups excluding tert-OH is 1. The molecule has 0 aliphatic carbocycles. The van der Waals surface area contributed by atoms with E-state index in [0.29, 0.717) is 11.3 Å². The van der Waals surface area contributed by atoms with Gasteiger partial charge in [0.05, 0.1) is 12.4 Å². The molecular formula is C10H12O4S. The molecule has 0 spiro atoms. The Labute approximate surface area is 92.9 Å². The van der Waals surface area contributed by atoms with E-state index < -0.39 is 17.3 Å².